The summed E-state index contributed by atoms with van der Waals surface area (Å²) in [7, 11) is -1.64. The second kappa shape index (κ2) is 7.49. The van der Waals surface area contributed by atoms with Crippen LogP contribution in [-0.2, 0) is 10.2 Å². The molecule has 2 aromatic carbocycles. The second-order valence-electron chi connectivity index (χ2n) is 5.87. The van der Waals surface area contributed by atoms with Crippen molar-refractivity contribution in [1.29, 1.82) is 0 Å². The highest BCUT2D eigenvalue weighted by Crippen LogP contribution is 2.32. The molecule has 1 aromatic heterocycles. The third kappa shape index (κ3) is 3.81. The Bertz CT molecular complexity index is 1210. The van der Waals surface area contributed by atoms with Gasteiger partial charge in [-0.3, -0.25) is 4.79 Å². The first kappa shape index (κ1) is 20.8. The van der Waals surface area contributed by atoms with Crippen molar-refractivity contribution in [2.75, 3.05) is 14.1 Å². The Morgan fingerprint density at radius 1 is 1.18 bits per heavy atom. The van der Waals surface area contributed by atoms with Crippen molar-refractivity contribution in [3.63, 3.8) is 0 Å². The largest absolute Gasteiger partial charge is 0.303 e. The Balaban J connectivity index is 2.08. The summed E-state index contributed by atoms with van der Waals surface area (Å²) in [6.45, 7) is 0. The van der Waals surface area contributed by atoms with Crippen LogP contribution < -0.4 is 4.72 Å². The lowest BCUT2D eigenvalue weighted by Gasteiger charge is -2.13. The number of nitrogens with zero attached hydrogens (tertiary/aromatic N) is 3. The van der Waals surface area contributed by atoms with Crippen LogP contribution in [-0.4, -0.2) is 42.5 Å². The molecular formula is C16H12Cl3FN4O3S. The number of halogens is 4. The fourth-order valence-electron chi connectivity index (χ4n) is 2.37. The van der Waals surface area contributed by atoms with Crippen LogP contribution in [0.5, 0.6) is 0 Å². The summed E-state index contributed by atoms with van der Waals surface area (Å²) in [5.41, 5.74) is 0.0956. The number of amides is 1. The molecule has 0 spiro atoms. The van der Waals surface area contributed by atoms with Gasteiger partial charge < -0.3 is 0 Å². The lowest BCUT2D eigenvalue weighted by Crippen LogP contribution is -2.39. The van der Waals surface area contributed by atoms with Crippen LogP contribution in [0.25, 0.3) is 16.6 Å². The predicted octanol–water partition coefficient (Wildman–Crippen LogP) is 3.66. The minimum absolute atomic E-state index is 0.0372. The molecule has 148 valence electrons. The quantitative estimate of drug-likeness (QED) is 0.637. The number of hydrogen-bond donors (Lipinski definition) is 1. The SMILES string of the molecule is CN(C)S(=O)(=O)NC(=O)c1cc(Cl)c(-n2nc(Cl)c3cc(Cl)ccc32)cc1F. The molecule has 1 heterocycles. The highest BCUT2D eigenvalue weighted by atomic mass is 35.5. The van der Waals surface area contributed by atoms with E-state index in [2.05, 4.69) is 5.10 Å². The van der Waals surface area contributed by atoms with Crippen LogP contribution in [0.2, 0.25) is 15.2 Å². The van der Waals surface area contributed by atoms with E-state index in [9.17, 15) is 17.6 Å². The average Bonchev–Trinajstić information content (AvgIpc) is 2.92. The molecule has 0 bridgehead atoms. The fourth-order valence-corrected chi connectivity index (χ4v) is 3.54. The van der Waals surface area contributed by atoms with Gasteiger partial charge in [-0.1, -0.05) is 34.8 Å². The normalized spacial score (nSPS) is 12.0. The monoisotopic (exact) mass is 464 g/mol. The number of carbonyl (C=O) groups is 1. The van der Waals surface area contributed by atoms with Gasteiger partial charge in [0.05, 0.1) is 21.8 Å². The molecule has 0 radical (unpaired) electrons. The molecule has 3 rings (SSSR count). The van der Waals surface area contributed by atoms with Gasteiger partial charge in [0.1, 0.15) is 5.82 Å². The molecule has 0 aliphatic rings. The van der Waals surface area contributed by atoms with Gasteiger partial charge in [0.2, 0.25) is 0 Å². The average molecular weight is 466 g/mol. The van der Waals surface area contributed by atoms with E-state index < -0.39 is 27.5 Å². The van der Waals surface area contributed by atoms with Crippen molar-refractivity contribution in [2.24, 2.45) is 0 Å². The first-order valence-electron chi connectivity index (χ1n) is 7.59. The number of benzene rings is 2. The van der Waals surface area contributed by atoms with Gasteiger partial charge in [-0.05, 0) is 24.3 Å². The molecule has 12 heteroatoms. The smallest absolute Gasteiger partial charge is 0.268 e. The Hall–Kier alpha value is -1.91. The zero-order chi connectivity index (χ0) is 20.8. The molecule has 0 aliphatic heterocycles. The van der Waals surface area contributed by atoms with Gasteiger partial charge in [0.15, 0.2) is 5.15 Å². The third-order valence-corrected chi connectivity index (χ3v) is 6.03. The van der Waals surface area contributed by atoms with E-state index in [4.69, 9.17) is 34.8 Å². The summed E-state index contributed by atoms with van der Waals surface area (Å²) in [5.74, 6) is -2.14. The van der Waals surface area contributed by atoms with Gasteiger partial charge in [-0.25, -0.2) is 13.8 Å². The van der Waals surface area contributed by atoms with Crippen LogP contribution in [0.15, 0.2) is 30.3 Å². The van der Waals surface area contributed by atoms with Crippen molar-refractivity contribution >= 4 is 61.8 Å². The Morgan fingerprint density at radius 2 is 1.86 bits per heavy atom. The molecule has 7 nitrogen and oxygen atoms in total. The first-order chi connectivity index (χ1) is 13.0. The Morgan fingerprint density at radius 3 is 2.50 bits per heavy atom. The van der Waals surface area contributed by atoms with Crippen LogP contribution in [0.4, 0.5) is 4.39 Å². The Kier molecular flexibility index (Phi) is 5.57. The summed E-state index contributed by atoms with van der Waals surface area (Å²) in [6, 6.07) is 6.83. The third-order valence-electron chi connectivity index (χ3n) is 3.81. The zero-order valence-electron chi connectivity index (χ0n) is 14.4. The number of hydrogen-bond acceptors (Lipinski definition) is 4. The standard InChI is InChI=1S/C16H12Cl3FN4O3S/c1-23(2)28(26,27)22-16(25)9-6-11(18)14(7-12(9)20)24-13-4-3-8(17)5-10(13)15(19)21-24/h3-7H,1-2H3,(H,22,25). The summed E-state index contributed by atoms with van der Waals surface area (Å²) in [6.07, 6.45) is 0. The summed E-state index contributed by atoms with van der Waals surface area (Å²) >= 11 is 18.3. The van der Waals surface area contributed by atoms with E-state index in [0.29, 0.717) is 15.9 Å². The molecule has 28 heavy (non-hydrogen) atoms. The van der Waals surface area contributed by atoms with Crippen molar-refractivity contribution in [1.82, 2.24) is 18.8 Å². The van der Waals surface area contributed by atoms with Crippen LogP contribution in [0.1, 0.15) is 10.4 Å². The molecule has 1 N–H and O–H groups in total. The van der Waals surface area contributed by atoms with E-state index in [0.717, 1.165) is 16.4 Å². The molecule has 0 saturated heterocycles. The maximum atomic E-state index is 14.6. The molecule has 0 atom stereocenters. The molecule has 0 unspecified atom stereocenters. The van der Waals surface area contributed by atoms with Crippen molar-refractivity contribution in [3.8, 4) is 5.69 Å². The number of rotatable bonds is 4. The predicted molar refractivity (Wildman–Crippen MR) is 106 cm³/mol. The van der Waals surface area contributed by atoms with E-state index in [1.54, 1.807) is 22.9 Å². The Labute approximate surface area is 174 Å². The number of carbonyl (C=O) groups excluding carboxylic acids is 1. The van der Waals surface area contributed by atoms with Crippen molar-refractivity contribution in [2.45, 2.75) is 0 Å². The van der Waals surface area contributed by atoms with Crippen LogP contribution >= 0.6 is 34.8 Å². The first-order valence-corrected chi connectivity index (χ1v) is 10.2. The summed E-state index contributed by atoms with van der Waals surface area (Å²) in [5, 5.41) is 5.20. The fraction of sp³-hybridized carbons (Fsp3) is 0.125. The lowest BCUT2D eigenvalue weighted by atomic mass is 10.1. The molecule has 3 aromatic rings. The zero-order valence-corrected chi connectivity index (χ0v) is 17.5. The van der Waals surface area contributed by atoms with Gasteiger partial charge in [-0.2, -0.15) is 17.8 Å². The van der Waals surface area contributed by atoms with Gasteiger partial charge in [0, 0.05) is 30.6 Å². The minimum atomic E-state index is -4.09. The summed E-state index contributed by atoms with van der Waals surface area (Å²) in [4.78, 5) is 12.2. The lowest BCUT2D eigenvalue weighted by molar-refractivity contribution is 0.0976. The van der Waals surface area contributed by atoms with Crippen LogP contribution in [0, 0.1) is 5.82 Å². The van der Waals surface area contributed by atoms with Crippen LogP contribution in [0.3, 0.4) is 0 Å². The highest BCUT2D eigenvalue weighted by Gasteiger charge is 2.23. The van der Waals surface area contributed by atoms with Crippen molar-refractivity contribution in [3.05, 3.63) is 56.9 Å². The van der Waals surface area contributed by atoms with E-state index in [1.807, 2.05) is 0 Å². The van der Waals surface area contributed by atoms with E-state index in [1.165, 1.54) is 18.8 Å². The molecule has 0 aliphatic carbocycles. The van der Waals surface area contributed by atoms with Gasteiger partial charge >= 0.3 is 10.2 Å². The topological polar surface area (TPSA) is 84.3 Å². The molecule has 0 fully saturated rings. The van der Waals surface area contributed by atoms with Crippen molar-refractivity contribution < 1.29 is 17.6 Å². The number of fused-ring (bicyclic) bond motifs is 1. The maximum Gasteiger partial charge on any atom is 0.303 e. The molecule has 0 saturated carbocycles. The van der Waals surface area contributed by atoms with E-state index in [-0.39, 0.29) is 15.9 Å². The van der Waals surface area contributed by atoms with Gasteiger partial charge in [-0.15, -0.1) is 0 Å². The molecule has 1 amide bonds. The number of aromatic nitrogens is 2. The summed E-state index contributed by atoms with van der Waals surface area (Å²) < 4.78 is 42.0. The maximum absolute atomic E-state index is 14.6. The second-order valence-corrected chi connectivity index (χ2v) is 8.95. The van der Waals surface area contributed by atoms with Gasteiger partial charge in [0.25, 0.3) is 5.91 Å². The van der Waals surface area contributed by atoms with E-state index >= 15 is 0 Å². The molecular weight excluding hydrogens is 454 g/mol. The highest BCUT2D eigenvalue weighted by molar-refractivity contribution is 7.87. The minimum Gasteiger partial charge on any atom is -0.268 e. The number of nitrogens with one attached hydrogen (secondary N) is 1.